The van der Waals surface area contributed by atoms with E-state index in [0.29, 0.717) is 6.42 Å². The first-order valence-corrected chi connectivity index (χ1v) is 9.15. The number of carbonyl (C=O) groups excluding carboxylic acids is 1. The summed E-state index contributed by atoms with van der Waals surface area (Å²) >= 11 is 0. The summed E-state index contributed by atoms with van der Waals surface area (Å²) in [5, 5.41) is 16.6. The van der Waals surface area contributed by atoms with E-state index in [-0.39, 0.29) is 6.42 Å². The monoisotopic (exact) mass is 360 g/mol. The maximum atomic E-state index is 10.3. The molecule has 0 heterocycles. The van der Waals surface area contributed by atoms with Crippen molar-refractivity contribution in [3.63, 3.8) is 0 Å². The average Bonchev–Trinajstić information content (AvgIpc) is 2.48. The number of amides is 1. The molecule has 0 aliphatic rings. The summed E-state index contributed by atoms with van der Waals surface area (Å²) in [5.41, 5.74) is 9.57. The van der Waals surface area contributed by atoms with Gasteiger partial charge in [0.05, 0.1) is 6.42 Å². The van der Waals surface area contributed by atoms with Crippen molar-refractivity contribution < 1.29 is 24.6 Å². The Morgan fingerprint density at radius 2 is 1.28 bits per heavy atom. The van der Waals surface area contributed by atoms with Gasteiger partial charge in [-0.15, -0.1) is 0 Å². The summed E-state index contributed by atoms with van der Waals surface area (Å²) in [6.45, 7) is 4.56. The number of hydrogen-bond acceptors (Lipinski definition) is 4. The van der Waals surface area contributed by atoms with E-state index in [2.05, 4.69) is 19.6 Å². The van der Waals surface area contributed by atoms with Crippen LogP contribution < -0.4 is 11.5 Å². The van der Waals surface area contributed by atoms with Crippen LogP contribution in [-0.2, 0) is 14.4 Å². The van der Waals surface area contributed by atoms with Crippen molar-refractivity contribution in [3.05, 3.63) is 0 Å². The van der Waals surface area contributed by atoms with Crippen LogP contribution in [0.1, 0.15) is 84.5 Å². The molecule has 0 aromatic rings. The van der Waals surface area contributed by atoms with Gasteiger partial charge in [0.15, 0.2) is 0 Å². The lowest BCUT2D eigenvalue weighted by molar-refractivity contribution is -0.140. The number of rotatable bonds is 14. The fourth-order valence-corrected chi connectivity index (χ4v) is 2.19. The molecule has 0 aliphatic heterocycles. The molecule has 25 heavy (non-hydrogen) atoms. The lowest BCUT2D eigenvalue weighted by Gasteiger charge is -2.04. The van der Waals surface area contributed by atoms with Gasteiger partial charge in [0.1, 0.15) is 6.04 Å². The second-order valence-corrected chi connectivity index (χ2v) is 6.77. The molecule has 0 aromatic heterocycles. The van der Waals surface area contributed by atoms with Crippen LogP contribution in [0.5, 0.6) is 0 Å². The average molecular weight is 360 g/mol. The number of carboxylic acid groups (broad SMARTS) is 2. The van der Waals surface area contributed by atoms with Gasteiger partial charge in [0.25, 0.3) is 0 Å². The Labute approximate surface area is 151 Å². The summed E-state index contributed by atoms with van der Waals surface area (Å²) in [4.78, 5) is 30.2. The number of hydrogen-bond donors (Lipinski definition) is 4. The largest absolute Gasteiger partial charge is 0.481 e. The van der Waals surface area contributed by atoms with Gasteiger partial charge in [-0.25, -0.2) is 0 Å². The van der Waals surface area contributed by atoms with Crippen LogP contribution in [0.15, 0.2) is 0 Å². The molecule has 0 rings (SSSR count). The van der Waals surface area contributed by atoms with E-state index in [1.165, 1.54) is 44.9 Å². The summed E-state index contributed by atoms with van der Waals surface area (Å²) < 4.78 is 0. The Kier molecular flexibility index (Phi) is 17.6. The van der Waals surface area contributed by atoms with Crippen molar-refractivity contribution in [3.8, 4) is 0 Å². The molecule has 7 nitrogen and oxygen atoms in total. The van der Waals surface area contributed by atoms with E-state index in [4.69, 9.17) is 15.9 Å². The van der Waals surface area contributed by atoms with E-state index in [0.717, 1.165) is 18.8 Å². The van der Waals surface area contributed by atoms with Crippen LogP contribution in [0.3, 0.4) is 0 Å². The molecule has 0 aliphatic carbocycles. The van der Waals surface area contributed by atoms with Gasteiger partial charge >= 0.3 is 11.9 Å². The highest BCUT2D eigenvalue weighted by atomic mass is 16.4. The molecule has 0 aromatic carbocycles. The highest BCUT2D eigenvalue weighted by Crippen LogP contribution is 2.12. The molecule has 7 heteroatoms. The third kappa shape index (κ3) is 24.7. The summed E-state index contributed by atoms with van der Waals surface area (Å²) in [6, 6.07) is -1.16. The van der Waals surface area contributed by atoms with Crippen LogP contribution in [0.25, 0.3) is 0 Å². The number of aliphatic carboxylic acids is 2. The molecule has 0 spiro atoms. The van der Waals surface area contributed by atoms with Crippen molar-refractivity contribution in [1.29, 1.82) is 0 Å². The maximum Gasteiger partial charge on any atom is 0.321 e. The second-order valence-electron chi connectivity index (χ2n) is 6.77. The van der Waals surface area contributed by atoms with Crippen LogP contribution in [-0.4, -0.2) is 34.1 Å². The zero-order valence-electron chi connectivity index (χ0n) is 15.7. The number of primary amides is 1. The predicted molar refractivity (Wildman–Crippen MR) is 98.1 cm³/mol. The predicted octanol–water partition coefficient (Wildman–Crippen LogP) is 2.90. The molecule has 148 valence electrons. The normalized spacial score (nSPS) is 11.5. The van der Waals surface area contributed by atoms with Crippen LogP contribution in [0.2, 0.25) is 0 Å². The zero-order valence-corrected chi connectivity index (χ0v) is 15.7. The molecular weight excluding hydrogens is 324 g/mol. The molecule has 1 amide bonds. The molecule has 1 atom stereocenters. The second kappa shape index (κ2) is 17.2. The molecule has 0 radical (unpaired) electrons. The Morgan fingerprint density at radius 3 is 1.60 bits per heavy atom. The van der Waals surface area contributed by atoms with E-state index >= 15 is 0 Å². The smallest absolute Gasteiger partial charge is 0.321 e. The summed E-state index contributed by atoms with van der Waals surface area (Å²) in [7, 11) is 0. The highest BCUT2D eigenvalue weighted by Gasteiger charge is 2.13. The van der Waals surface area contributed by atoms with Crippen molar-refractivity contribution in [2.45, 2.75) is 90.5 Å². The Morgan fingerprint density at radius 1 is 0.840 bits per heavy atom. The standard InChI is InChI=1S/C14H28O2.C4H8N2O3/c1-13(2)11-9-7-5-3-4-6-8-10-12-14(15)16;5-2(4(8)9)1-3(6)7/h13H,3-12H2,1-2H3,(H,15,16);2H,1,5H2,(H2,6,7)(H,8,9)/t;2-/m.0/s1. The minimum absolute atomic E-state index is 0.310. The summed E-state index contributed by atoms with van der Waals surface area (Å²) in [6.07, 6.45) is 11.2. The Hall–Kier alpha value is -1.63. The molecule has 0 bridgehead atoms. The number of nitrogens with two attached hydrogens (primary N) is 2. The van der Waals surface area contributed by atoms with Gasteiger partial charge in [0.2, 0.25) is 5.91 Å². The number of carbonyl (C=O) groups is 3. The van der Waals surface area contributed by atoms with E-state index in [1.807, 2.05) is 0 Å². The van der Waals surface area contributed by atoms with Gasteiger partial charge in [-0.1, -0.05) is 65.2 Å². The number of carboxylic acids is 2. The lowest BCUT2D eigenvalue weighted by Crippen LogP contribution is -2.34. The van der Waals surface area contributed by atoms with Crippen LogP contribution in [0.4, 0.5) is 0 Å². The first-order chi connectivity index (χ1) is 11.7. The van der Waals surface area contributed by atoms with E-state index in [9.17, 15) is 14.4 Å². The van der Waals surface area contributed by atoms with Gasteiger partial charge in [-0.05, 0) is 12.3 Å². The quantitative estimate of drug-likeness (QED) is 0.351. The molecule has 0 saturated heterocycles. The number of unbranched alkanes of at least 4 members (excludes halogenated alkanes) is 7. The molecule has 0 fully saturated rings. The molecular formula is C18H36N2O5. The van der Waals surface area contributed by atoms with Crippen LogP contribution >= 0.6 is 0 Å². The van der Waals surface area contributed by atoms with Crippen molar-refractivity contribution >= 4 is 17.8 Å². The molecule has 0 unspecified atom stereocenters. The Bertz CT molecular complexity index is 372. The van der Waals surface area contributed by atoms with E-state index in [1.54, 1.807) is 0 Å². The minimum Gasteiger partial charge on any atom is -0.481 e. The maximum absolute atomic E-state index is 10.3. The first-order valence-electron chi connectivity index (χ1n) is 9.15. The topological polar surface area (TPSA) is 144 Å². The first kappa shape index (κ1) is 25.6. The Balaban J connectivity index is 0. The minimum atomic E-state index is -1.21. The van der Waals surface area contributed by atoms with Gasteiger partial charge in [-0.2, -0.15) is 0 Å². The van der Waals surface area contributed by atoms with Crippen LogP contribution in [0, 0.1) is 5.92 Å². The highest BCUT2D eigenvalue weighted by molar-refractivity contribution is 5.83. The third-order valence-electron chi connectivity index (χ3n) is 3.66. The van der Waals surface area contributed by atoms with E-state index < -0.39 is 23.9 Å². The zero-order chi connectivity index (χ0) is 19.7. The van der Waals surface area contributed by atoms with Gasteiger partial charge < -0.3 is 21.7 Å². The van der Waals surface area contributed by atoms with Crippen molar-refractivity contribution in [2.24, 2.45) is 17.4 Å². The lowest BCUT2D eigenvalue weighted by atomic mass is 10.0. The SMILES string of the molecule is CC(C)CCCCCCCCCCC(=O)O.NC(=O)C[C@H](N)C(=O)O. The fraction of sp³-hybridized carbons (Fsp3) is 0.833. The molecule has 6 N–H and O–H groups in total. The summed E-state index contributed by atoms with van der Waals surface area (Å²) in [5.74, 6) is -1.73. The van der Waals surface area contributed by atoms with Crippen molar-refractivity contribution in [1.82, 2.24) is 0 Å². The van der Waals surface area contributed by atoms with Crippen molar-refractivity contribution in [2.75, 3.05) is 0 Å². The third-order valence-corrected chi connectivity index (χ3v) is 3.66. The molecule has 0 saturated carbocycles. The fourth-order valence-electron chi connectivity index (χ4n) is 2.19. The van der Waals surface area contributed by atoms with Gasteiger partial charge in [0, 0.05) is 6.42 Å². The van der Waals surface area contributed by atoms with Gasteiger partial charge in [-0.3, -0.25) is 14.4 Å².